The van der Waals surface area contributed by atoms with Crippen LogP contribution in [0.1, 0.15) is 0 Å². The molecule has 0 amide bonds. The van der Waals surface area contributed by atoms with Gasteiger partial charge in [0.2, 0.25) is 11.9 Å². The van der Waals surface area contributed by atoms with E-state index in [2.05, 4.69) is 220 Å². The first-order chi connectivity index (χ1) is 32.7. The average molecular weight is 859 g/mol. The number of hydrogen-bond donors (Lipinski definition) is 0. The van der Waals surface area contributed by atoms with Gasteiger partial charge in [-0.25, -0.2) is 0 Å². The van der Waals surface area contributed by atoms with Crippen molar-refractivity contribution in [3.63, 3.8) is 0 Å². The number of fused-ring (bicyclic) bond motifs is 16. The highest BCUT2D eigenvalue weighted by Crippen LogP contribution is 2.45. The van der Waals surface area contributed by atoms with Gasteiger partial charge in [0.25, 0.3) is 0 Å². The number of para-hydroxylation sites is 4. The van der Waals surface area contributed by atoms with E-state index in [1.54, 1.807) is 11.3 Å². The Kier molecular flexibility index (Phi) is 7.28. The molecule has 0 fully saturated rings. The van der Waals surface area contributed by atoms with Gasteiger partial charge >= 0.3 is 0 Å². The molecule has 6 nitrogen and oxygen atoms in total. The summed E-state index contributed by atoms with van der Waals surface area (Å²) >= 11 is 1.79. The van der Waals surface area contributed by atoms with Crippen molar-refractivity contribution in [1.82, 2.24) is 28.7 Å². The maximum absolute atomic E-state index is 5.59. The number of nitrogens with zero attached hydrogens (tertiary/aromatic N) is 6. The molecule has 0 N–H and O–H groups in total. The molecule has 0 saturated carbocycles. The van der Waals surface area contributed by atoms with E-state index in [0.29, 0.717) is 17.7 Å². The Hall–Kier alpha value is -8.65. The molecule has 0 radical (unpaired) electrons. The largest absolute Gasteiger partial charge is 0.309 e. The second-order valence-corrected chi connectivity index (χ2v) is 18.2. The molecule has 5 heterocycles. The first kappa shape index (κ1) is 35.8. The fourth-order valence-corrected chi connectivity index (χ4v) is 12.1. The van der Waals surface area contributed by atoms with Crippen LogP contribution in [0.3, 0.4) is 0 Å². The molecular formula is C59H34N6S. The minimum Gasteiger partial charge on any atom is -0.309 e. The molecule has 0 saturated heterocycles. The maximum atomic E-state index is 5.59. The first-order valence-corrected chi connectivity index (χ1v) is 23.1. The zero-order valence-corrected chi connectivity index (χ0v) is 36.0. The average Bonchev–Trinajstić information content (AvgIpc) is 4.13. The van der Waals surface area contributed by atoms with Crippen LogP contribution >= 0.6 is 11.3 Å². The zero-order valence-electron chi connectivity index (χ0n) is 35.2. The Labute approximate surface area is 380 Å². The molecule has 0 aliphatic heterocycles. The first-order valence-electron chi connectivity index (χ1n) is 22.3. The highest BCUT2D eigenvalue weighted by molar-refractivity contribution is 7.26. The Balaban J connectivity index is 1.10. The van der Waals surface area contributed by atoms with E-state index in [1.165, 1.54) is 42.4 Å². The molecule has 15 aromatic rings. The monoisotopic (exact) mass is 858 g/mol. The minimum absolute atomic E-state index is 0.559. The lowest BCUT2D eigenvalue weighted by atomic mass is 10.00. The quantitative estimate of drug-likeness (QED) is 0.177. The van der Waals surface area contributed by atoms with Gasteiger partial charge in [0, 0.05) is 63.7 Å². The summed E-state index contributed by atoms with van der Waals surface area (Å²) in [5.41, 5.74) is 8.44. The van der Waals surface area contributed by atoms with Crippen molar-refractivity contribution in [1.29, 1.82) is 0 Å². The van der Waals surface area contributed by atoms with E-state index >= 15 is 0 Å². The lowest BCUT2D eigenvalue weighted by Crippen LogP contribution is -2.10. The van der Waals surface area contributed by atoms with Crippen molar-refractivity contribution >= 4 is 118 Å². The zero-order chi connectivity index (χ0) is 43.0. The number of benzene rings is 10. The van der Waals surface area contributed by atoms with Crippen molar-refractivity contribution in [3.8, 4) is 29.0 Å². The molecule has 0 bridgehead atoms. The van der Waals surface area contributed by atoms with Crippen LogP contribution in [0.2, 0.25) is 0 Å². The molecule has 15 rings (SSSR count). The van der Waals surface area contributed by atoms with Crippen LogP contribution in [0, 0.1) is 0 Å². The normalized spacial score (nSPS) is 12.2. The smallest absolute Gasteiger partial charge is 0.240 e. The maximum Gasteiger partial charge on any atom is 0.240 e. The van der Waals surface area contributed by atoms with Crippen molar-refractivity contribution in [2.75, 3.05) is 0 Å². The lowest BCUT2D eigenvalue weighted by Gasteiger charge is -2.15. The second-order valence-electron chi connectivity index (χ2n) is 17.2. The van der Waals surface area contributed by atoms with Gasteiger partial charge in [-0.2, -0.15) is 15.0 Å². The fraction of sp³-hybridized carbons (Fsp3) is 0. The highest BCUT2D eigenvalue weighted by atomic mass is 32.1. The van der Waals surface area contributed by atoms with E-state index in [4.69, 9.17) is 15.0 Å². The van der Waals surface area contributed by atoms with Crippen molar-refractivity contribution in [2.24, 2.45) is 0 Å². The van der Waals surface area contributed by atoms with Crippen LogP contribution in [0.25, 0.3) is 136 Å². The van der Waals surface area contributed by atoms with Gasteiger partial charge in [0.1, 0.15) is 0 Å². The Morgan fingerprint density at radius 3 is 1.24 bits per heavy atom. The van der Waals surface area contributed by atoms with Crippen LogP contribution in [-0.4, -0.2) is 28.7 Å². The molecule has 0 atom stereocenters. The molecule has 0 unspecified atom stereocenters. The van der Waals surface area contributed by atoms with Gasteiger partial charge < -0.3 is 4.57 Å². The fourth-order valence-electron chi connectivity index (χ4n) is 10.9. The predicted octanol–water partition coefficient (Wildman–Crippen LogP) is 15.5. The van der Waals surface area contributed by atoms with E-state index < -0.39 is 0 Å². The van der Waals surface area contributed by atoms with Gasteiger partial charge in [-0.3, -0.25) is 9.13 Å². The van der Waals surface area contributed by atoms with E-state index in [-0.39, 0.29) is 0 Å². The summed E-state index contributed by atoms with van der Waals surface area (Å²) in [7, 11) is 0. The number of hydrogen-bond acceptors (Lipinski definition) is 4. The molecule has 7 heteroatoms. The van der Waals surface area contributed by atoms with E-state index in [0.717, 1.165) is 76.0 Å². The molecule has 0 spiro atoms. The summed E-state index contributed by atoms with van der Waals surface area (Å²) in [6, 6.07) is 74.3. The Bertz CT molecular complexity index is 4220. The van der Waals surface area contributed by atoms with Gasteiger partial charge in [-0.15, -0.1) is 11.3 Å². The standard InChI is InChI=1S/C59H34N6S/c1-3-17-38-35(15-1)29-31-51-54(38)55-39-18-4-2-16-36(39)30-32-52(55)63(51)37-33-45-44-23-9-14-28-53(44)66-56(45)46(34-37)57-60-58(64-47-24-10-5-19-40(47)41-20-6-11-25-48(41)64)62-59(61-57)65-49-26-12-7-21-42(49)43-22-8-13-27-50(43)65/h1-34H. The van der Waals surface area contributed by atoms with Gasteiger partial charge in [0.15, 0.2) is 5.82 Å². The van der Waals surface area contributed by atoms with Gasteiger partial charge in [-0.05, 0) is 76.1 Å². The molecule has 306 valence electrons. The van der Waals surface area contributed by atoms with Crippen LogP contribution in [0.5, 0.6) is 0 Å². The molecular weight excluding hydrogens is 825 g/mol. The van der Waals surface area contributed by atoms with Crippen molar-refractivity contribution in [2.45, 2.75) is 0 Å². The van der Waals surface area contributed by atoms with Crippen LogP contribution < -0.4 is 0 Å². The SMILES string of the molecule is c1ccc2c(c1)ccc1c2c2c3ccccc3ccc2n1-c1cc(-c2nc(-n3c4ccccc4c4ccccc43)nc(-n3c4ccccc4c4ccccc43)n2)c2sc3ccccc3c2c1. The molecule has 10 aromatic carbocycles. The molecule has 0 aliphatic rings. The Morgan fingerprint density at radius 2 is 0.742 bits per heavy atom. The predicted molar refractivity (Wildman–Crippen MR) is 276 cm³/mol. The van der Waals surface area contributed by atoms with E-state index in [9.17, 15) is 0 Å². The second kappa shape index (κ2) is 13.4. The van der Waals surface area contributed by atoms with Crippen molar-refractivity contribution < 1.29 is 0 Å². The third kappa shape index (κ3) is 4.92. The van der Waals surface area contributed by atoms with Crippen molar-refractivity contribution in [3.05, 3.63) is 206 Å². The highest BCUT2D eigenvalue weighted by Gasteiger charge is 2.24. The summed E-state index contributed by atoms with van der Waals surface area (Å²) in [6.07, 6.45) is 0. The molecule has 66 heavy (non-hydrogen) atoms. The van der Waals surface area contributed by atoms with Crippen LogP contribution in [0.15, 0.2) is 206 Å². The third-order valence-electron chi connectivity index (χ3n) is 13.7. The molecule has 0 aliphatic carbocycles. The summed E-state index contributed by atoms with van der Waals surface area (Å²) in [4.78, 5) is 16.7. The summed E-state index contributed by atoms with van der Waals surface area (Å²) in [6.45, 7) is 0. The summed E-state index contributed by atoms with van der Waals surface area (Å²) < 4.78 is 9.22. The van der Waals surface area contributed by atoms with E-state index in [1.807, 2.05) is 0 Å². The lowest BCUT2D eigenvalue weighted by molar-refractivity contribution is 0.893. The Morgan fingerprint density at radius 1 is 0.318 bits per heavy atom. The summed E-state index contributed by atoms with van der Waals surface area (Å²) in [5, 5.41) is 14.4. The van der Waals surface area contributed by atoms with Gasteiger partial charge in [0.05, 0.1) is 33.1 Å². The molecule has 5 aromatic heterocycles. The third-order valence-corrected chi connectivity index (χ3v) is 14.9. The minimum atomic E-state index is 0.559. The number of thiophene rings is 1. The number of rotatable bonds is 4. The van der Waals surface area contributed by atoms with Crippen LogP contribution in [0.4, 0.5) is 0 Å². The summed E-state index contributed by atoms with van der Waals surface area (Å²) in [5.74, 6) is 1.72. The van der Waals surface area contributed by atoms with Gasteiger partial charge in [-0.1, -0.05) is 152 Å². The topological polar surface area (TPSA) is 53.5 Å². The van der Waals surface area contributed by atoms with Crippen LogP contribution in [-0.2, 0) is 0 Å². The number of aromatic nitrogens is 6.